The summed E-state index contributed by atoms with van der Waals surface area (Å²) in [5, 5.41) is 11.4. The number of nitro groups is 1. The van der Waals surface area contributed by atoms with Gasteiger partial charge in [0.05, 0.1) is 9.82 Å². The van der Waals surface area contributed by atoms with Crippen LogP contribution in [0, 0.1) is 15.5 Å². The summed E-state index contributed by atoms with van der Waals surface area (Å²) in [7, 11) is 0.757. The zero-order valence-electron chi connectivity index (χ0n) is 14.1. The molecule has 0 atom stereocenters. The fourth-order valence-corrected chi connectivity index (χ4v) is 3.06. The fourth-order valence-electron chi connectivity index (χ4n) is 2.14. The molecule has 1 aromatic rings. The van der Waals surface area contributed by atoms with Crippen LogP contribution in [-0.4, -0.2) is 51.9 Å². The van der Waals surface area contributed by atoms with Gasteiger partial charge < -0.3 is 10.6 Å². The molecule has 0 amide bonds. The lowest BCUT2D eigenvalue weighted by molar-refractivity contribution is -0.384. The average Bonchev–Trinajstić information content (AvgIpc) is 2.45. The SMILES string of the molecule is CN(CC(C)(C)CN)c1ccc(S(=O)(=O)N(C)C)cc1[N+](=O)[O-]. The van der Waals surface area contributed by atoms with E-state index in [-0.39, 0.29) is 16.0 Å². The number of hydrogen-bond donors (Lipinski definition) is 1. The highest BCUT2D eigenvalue weighted by Crippen LogP contribution is 2.32. The van der Waals surface area contributed by atoms with E-state index < -0.39 is 14.9 Å². The van der Waals surface area contributed by atoms with Gasteiger partial charge in [-0.2, -0.15) is 0 Å². The Morgan fingerprint density at radius 3 is 2.26 bits per heavy atom. The van der Waals surface area contributed by atoms with Crippen molar-refractivity contribution in [3.05, 3.63) is 28.3 Å². The Morgan fingerprint density at radius 2 is 1.83 bits per heavy atom. The van der Waals surface area contributed by atoms with Gasteiger partial charge in [-0.15, -0.1) is 0 Å². The maximum Gasteiger partial charge on any atom is 0.293 e. The molecule has 8 nitrogen and oxygen atoms in total. The van der Waals surface area contributed by atoms with Crippen LogP contribution in [0.2, 0.25) is 0 Å². The molecule has 1 aromatic carbocycles. The molecule has 0 aromatic heterocycles. The number of nitrogens with two attached hydrogens (primary N) is 1. The summed E-state index contributed by atoms with van der Waals surface area (Å²) in [5.74, 6) is 0. The third-order valence-electron chi connectivity index (χ3n) is 3.55. The molecule has 0 saturated heterocycles. The third kappa shape index (κ3) is 4.40. The van der Waals surface area contributed by atoms with Gasteiger partial charge in [-0.05, 0) is 24.1 Å². The molecule has 0 aliphatic heterocycles. The van der Waals surface area contributed by atoms with Crippen LogP contribution in [0.3, 0.4) is 0 Å². The summed E-state index contributed by atoms with van der Waals surface area (Å²) in [6.07, 6.45) is 0. The number of hydrogen-bond acceptors (Lipinski definition) is 6. The molecule has 9 heteroatoms. The largest absolute Gasteiger partial charge is 0.368 e. The highest BCUT2D eigenvalue weighted by Gasteiger charge is 2.26. The van der Waals surface area contributed by atoms with Crippen molar-refractivity contribution in [1.82, 2.24) is 4.31 Å². The first-order valence-electron chi connectivity index (χ1n) is 7.04. The number of rotatable bonds is 7. The van der Waals surface area contributed by atoms with Crippen LogP contribution < -0.4 is 10.6 Å². The minimum absolute atomic E-state index is 0.107. The molecular weight excluding hydrogens is 320 g/mol. The molecule has 0 radical (unpaired) electrons. The van der Waals surface area contributed by atoms with E-state index in [0.717, 1.165) is 10.4 Å². The first kappa shape index (κ1) is 19.3. The molecule has 2 N–H and O–H groups in total. The van der Waals surface area contributed by atoms with E-state index in [9.17, 15) is 18.5 Å². The van der Waals surface area contributed by atoms with Gasteiger partial charge in [-0.3, -0.25) is 10.1 Å². The van der Waals surface area contributed by atoms with Crippen molar-refractivity contribution >= 4 is 21.4 Å². The molecule has 0 spiro atoms. The lowest BCUT2D eigenvalue weighted by atomic mass is 9.93. The van der Waals surface area contributed by atoms with Crippen molar-refractivity contribution in [3.8, 4) is 0 Å². The quantitative estimate of drug-likeness (QED) is 0.589. The first-order valence-corrected chi connectivity index (χ1v) is 8.48. The summed E-state index contributed by atoms with van der Waals surface area (Å²) < 4.78 is 25.3. The Balaban J connectivity index is 3.34. The van der Waals surface area contributed by atoms with Crippen molar-refractivity contribution in [3.63, 3.8) is 0 Å². The predicted octanol–water partition coefficient (Wildman–Crippen LogP) is 1.27. The minimum atomic E-state index is -3.72. The summed E-state index contributed by atoms with van der Waals surface area (Å²) in [6, 6.07) is 3.93. The predicted molar refractivity (Wildman–Crippen MR) is 90.1 cm³/mol. The molecule has 0 heterocycles. The molecule has 23 heavy (non-hydrogen) atoms. The molecular formula is C14H24N4O4S. The average molecular weight is 344 g/mol. The summed E-state index contributed by atoms with van der Waals surface area (Å²) in [4.78, 5) is 12.4. The standard InChI is InChI=1S/C14H24N4O4S/c1-14(2,9-15)10-17(5)12-7-6-11(8-13(12)18(19)20)23(21,22)16(3)4/h6-8H,9-10,15H2,1-5H3. The molecule has 0 aliphatic carbocycles. The lowest BCUT2D eigenvalue weighted by Crippen LogP contribution is -2.37. The van der Waals surface area contributed by atoms with Gasteiger partial charge in [-0.25, -0.2) is 12.7 Å². The number of nitrogens with zero attached hydrogens (tertiary/aromatic N) is 3. The second kappa shape index (κ2) is 6.81. The van der Waals surface area contributed by atoms with Crippen molar-refractivity contribution in [2.45, 2.75) is 18.7 Å². The first-order chi connectivity index (χ1) is 10.4. The van der Waals surface area contributed by atoms with E-state index in [2.05, 4.69) is 0 Å². The van der Waals surface area contributed by atoms with Crippen molar-refractivity contribution in [1.29, 1.82) is 0 Å². The highest BCUT2D eigenvalue weighted by atomic mass is 32.2. The Bertz CT molecular complexity index is 686. The van der Waals surface area contributed by atoms with Crippen LogP contribution in [0.15, 0.2) is 23.1 Å². The fraction of sp³-hybridized carbons (Fsp3) is 0.571. The number of nitro benzene ring substituents is 1. The Hall–Kier alpha value is -1.71. The smallest absolute Gasteiger partial charge is 0.293 e. The monoisotopic (exact) mass is 344 g/mol. The van der Waals surface area contributed by atoms with Crippen LogP contribution >= 0.6 is 0 Å². The van der Waals surface area contributed by atoms with Crippen molar-refractivity contribution in [2.24, 2.45) is 11.1 Å². The second-order valence-electron chi connectivity index (χ2n) is 6.42. The Morgan fingerprint density at radius 1 is 1.26 bits per heavy atom. The topological polar surface area (TPSA) is 110 Å². The van der Waals surface area contributed by atoms with Crippen LogP contribution in [0.1, 0.15) is 13.8 Å². The third-order valence-corrected chi connectivity index (χ3v) is 5.36. The highest BCUT2D eigenvalue weighted by molar-refractivity contribution is 7.89. The summed E-state index contributed by atoms with van der Waals surface area (Å²) >= 11 is 0. The maximum atomic E-state index is 12.1. The van der Waals surface area contributed by atoms with Gasteiger partial charge in [-0.1, -0.05) is 13.8 Å². The molecule has 130 valence electrons. The van der Waals surface area contributed by atoms with E-state index in [1.807, 2.05) is 13.8 Å². The van der Waals surface area contributed by atoms with Gasteiger partial charge in [0.1, 0.15) is 5.69 Å². The summed E-state index contributed by atoms with van der Waals surface area (Å²) in [6.45, 7) is 4.85. The van der Waals surface area contributed by atoms with Crippen LogP contribution in [0.5, 0.6) is 0 Å². The number of benzene rings is 1. The zero-order valence-corrected chi connectivity index (χ0v) is 14.9. The van der Waals surface area contributed by atoms with Gasteiger partial charge in [0.15, 0.2) is 0 Å². The van der Waals surface area contributed by atoms with Gasteiger partial charge in [0.2, 0.25) is 10.0 Å². The zero-order chi connectivity index (χ0) is 18.0. The van der Waals surface area contributed by atoms with E-state index in [1.165, 1.54) is 26.2 Å². The van der Waals surface area contributed by atoms with Crippen LogP contribution in [-0.2, 0) is 10.0 Å². The lowest BCUT2D eigenvalue weighted by Gasteiger charge is -2.30. The summed E-state index contributed by atoms with van der Waals surface area (Å²) in [5.41, 5.74) is 5.58. The molecule has 1 rings (SSSR count). The van der Waals surface area contributed by atoms with E-state index in [1.54, 1.807) is 11.9 Å². The van der Waals surface area contributed by atoms with Crippen LogP contribution in [0.25, 0.3) is 0 Å². The Labute approximate surface area is 137 Å². The Kier molecular flexibility index (Phi) is 5.73. The second-order valence-corrected chi connectivity index (χ2v) is 8.57. The van der Waals surface area contributed by atoms with Gasteiger partial charge >= 0.3 is 0 Å². The van der Waals surface area contributed by atoms with Crippen molar-refractivity contribution in [2.75, 3.05) is 39.1 Å². The molecule has 0 aliphatic rings. The molecule has 0 unspecified atom stereocenters. The molecule has 0 fully saturated rings. The van der Waals surface area contributed by atoms with Gasteiger partial charge in [0, 0.05) is 33.8 Å². The molecule has 0 bridgehead atoms. The molecule has 0 saturated carbocycles. The van der Waals surface area contributed by atoms with Crippen LogP contribution in [0.4, 0.5) is 11.4 Å². The minimum Gasteiger partial charge on any atom is -0.368 e. The number of sulfonamides is 1. The van der Waals surface area contributed by atoms with Crippen molar-refractivity contribution < 1.29 is 13.3 Å². The maximum absolute atomic E-state index is 12.1. The van der Waals surface area contributed by atoms with E-state index in [4.69, 9.17) is 5.73 Å². The normalized spacial score (nSPS) is 12.5. The number of anilines is 1. The van der Waals surface area contributed by atoms with E-state index in [0.29, 0.717) is 18.8 Å². The van der Waals surface area contributed by atoms with E-state index >= 15 is 0 Å². The van der Waals surface area contributed by atoms with Gasteiger partial charge in [0.25, 0.3) is 5.69 Å².